The molecule has 8 nitrogen and oxygen atoms in total. The van der Waals surface area contributed by atoms with Crippen LogP contribution in [0.2, 0.25) is 0 Å². The van der Waals surface area contributed by atoms with Gasteiger partial charge in [-0.15, -0.1) is 0 Å². The fraction of sp³-hybridized carbons (Fsp3) is 0.333. The number of anilines is 3. The molecule has 1 aromatic heterocycles. The van der Waals surface area contributed by atoms with E-state index < -0.39 is 0 Å². The number of hydrogen-bond donors (Lipinski definition) is 3. The summed E-state index contributed by atoms with van der Waals surface area (Å²) in [4.78, 5) is 25.5. The first-order valence-corrected chi connectivity index (χ1v) is 8.46. The number of carbonyl (C=O) groups excluding carboxylic acids is 1. The average molecular weight is 347 g/mol. The number of rotatable bonds is 8. The summed E-state index contributed by atoms with van der Waals surface area (Å²) in [5, 5.41) is 3.22. The Labute approximate surface area is 145 Å². The number of nitrogens with one attached hydrogen (secondary N) is 1. The van der Waals surface area contributed by atoms with Gasteiger partial charge in [0.1, 0.15) is 0 Å². The van der Waals surface area contributed by atoms with Gasteiger partial charge in [-0.25, -0.2) is 0 Å². The predicted octanol–water partition coefficient (Wildman–Crippen LogP) is 0.771. The summed E-state index contributed by atoms with van der Waals surface area (Å²) >= 11 is 1.17. The van der Waals surface area contributed by atoms with E-state index in [9.17, 15) is 4.79 Å². The van der Waals surface area contributed by atoms with Crippen LogP contribution in [0.5, 0.6) is 0 Å². The van der Waals surface area contributed by atoms with Crippen LogP contribution in [-0.4, -0.2) is 46.7 Å². The number of carbonyl (C=O) groups is 1. The molecule has 0 aliphatic rings. The lowest BCUT2D eigenvalue weighted by Gasteiger charge is -2.19. The van der Waals surface area contributed by atoms with Gasteiger partial charge in [0, 0.05) is 25.8 Å². The molecule has 1 aromatic carbocycles. The topological polar surface area (TPSA) is 123 Å². The lowest BCUT2D eigenvalue weighted by Crippen LogP contribution is -2.29. The van der Waals surface area contributed by atoms with Crippen LogP contribution in [0.25, 0.3) is 0 Å². The van der Waals surface area contributed by atoms with E-state index in [4.69, 9.17) is 11.5 Å². The predicted molar refractivity (Wildman–Crippen MR) is 96.7 cm³/mol. The van der Waals surface area contributed by atoms with Gasteiger partial charge in [0.25, 0.3) is 0 Å². The SMILES string of the molecule is CN(CCCNC(=O)CSc1nc(N)nc(N)n1)c1ccccc1. The molecule has 9 heteroatoms. The highest BCUT2D eigenvalue weighted by atomic mass is 32.2. The van der Waals surface area contributed by atoms with Crippen LogP contribution in [0.15, 0.2) is 35.5 Å². The third-order valence-corrected chi connectivity index (χ3v) is 4.02. The number of nitrogen functional groups attached to an aromatic ring is 2. The molecule has 0 bridgehead atoms. The first-order chi connectivity index (χ1) is 11.5. The fourth-order valence-electron chi connectivity index (χ4n) is 1.99. The number of hydrogen-bond acceptors (Lipinski definition) is 8. The summed E-state index contributed by atoms with van der Waals surface area (Å²) in [6.07, 6.45) is 0.855. The zero-order chi connectivity index (χ0) is 17.4. The Hall–Kier alpha value is -2.55. The average Bonchev–Trinajstić information content (AvgIpc) is 2.56. The van der Waals surface area contributed by atoms with E-state index in [0.717, 1.165) is 18.7 Å². The quantitative estimate of drug-likeness (QED) is 0.473. The number of benzene rings is 1. The standard InChI is InChI=1S/C15H21N7OS/c1-22(11-6-3-2-4-7-11)9-5-8-18-12(23)10-24-15-20-13(16)19-14(17)21-15/h2-4,6-7H,5,8-10H2,1H3,(H,18,23)(H4,16,17,19,20,21). The second-order valence-electron chi connectivity index (χ2n) is 5.08. The highest BCUT2D eigenvalue weighted by Gasteiger charge is 2.07. The van der Waals surface area contributed by atoms with E-state index in [1.165, 1.54) is 11.8 Å². The number of amides is 1. The maximum absolute atomic E-state index is 11.8. The second kappa shape index (κ2) is 8.92. The fourth-order valence-corrected chi connectivity index (χ4v) is 2.67. The monoisotopic (exact) mass is 347 g/mol. The molecule has 2 aromatic rings. The van der Waals surface area contributed by atoms with Crippen molar-refractivity contribution in [3.63, 3.8) is 0 Å². The van der Waals surface area contributed by atoms with Crippen LogP contribution in [-0.2, 0) is 4.79 Å². The van der Waals surface area contributed by atoms with E-state index in [-0.39, 0.29) is 23.6 Å². The van der Waals surface area contributed by atoms with Crippen molar-refractivity contribution in [2.45, 2.75) is 11.6 Å². The van der Waals surface area contributed by atoms with Crippen LogP contribution in [0.4, 0.5) is 17.6 Å². The van der Waals surface area contributed by atoms with Gasteiger partial charge in [0.2, 0.25) is 17.8 Å². The molecule has 128 valence electrons. The Morgan fingerprint density at radius 2 is 1.83 bits per heavy atom. The minimum atomic E-state index is -0.0834. The number of thioether (sulfide) groups is 1. The zero-order valence-corrected chi connectivity index (χ0v) is 14.3. The number of nitrogens with two attached hydrogens (primary N) is 2. The van der Waals surface area contributed by atoms with E-state index in [2.05, 4.69) is 37.3 Å². The van der Waals surface area contributed by atoms with Crippen molar-refractivity contribution in [3.8, 4) is 0 Å². The van der Waals surface area contributed by atoms with Crippen molar-refractivity contribution in [1.82, 2.24) is 20.3 Å². The van der Waals surface area contributed by atoms with E-state index in [0.29, 0.717) is 11.7 Å². The van der Waals surface area contributed by atoms with Crippen molar-refractivity contribution in [3.05, 3.63) is 30.3 Å². The highest BCUT2D eigenvalue weighted by Crippen LogP contribution is 2.14. The summed E-state index contributed by atoms with van der Waals surface area (Å²) in [6, 6.07) is 10.1. The molecule has 0 aliphatic heterocycles. The van der Waals surface area contributed by atoms with Crippen LogP contribution < -0.4 is 21.7 Å². The van der Waals surface area contributed by atoms with Crippen molar-refractivity contribution < 1.29 is 4.79 Å². The van der Waals surface area contributed by atoms with Crippen molar-refractivity contribution in [1.29, 1.82) is 0 Å². The van der Waals surface area contributed by atoms with Gasteiger partial charge in [-0.2, -0.15) is 15.0 Å². The van der Waals surface area contributed by atoms with Crippen molar-refractivity contribution in [2.75, 3.05) is 42.3 Å². The molecule has 24 heavy (non-hydrogen) atoms. The molecule has 0 saturated carbocycles. The molecule has 1 heterocycles. The van der Waals surface area contributed by atoms with Gasteiger partial charge < -0.3 is 21.7 Å². The Bertz CT molecular complexity index is 648. The minimum absolute atomic E-state index is 0.0503. The number of aromatic nitrogens is 3. The molecule has 0 radical (unpaired) electrons. The summed E-state index contributed by atoms with van der Waals surface area (Å²) < 4.78 is 0. The summed E-state index contributed by atoms with van der Waals surface area (Å²) in [6.45, 7) is 1.47. The van der Waals surface area contributed by atoms with Gasteiger partial charge in [-0.1, -0.05) is 30.0 Å². The maximum atomic E-state index is 11.8. The van der Waals surface area contributed by atoms with E-state index in [1.54, 1.807) is 0 Å². The molecule has 0 aliphatic carbocycles. The molecule has 0 fully saturated rings. The van der Waals surface area contributed by atoms with Crippen LogP contribution in [0, 0.1) is 0 Å². The zero-order valence-electron chi connectivity index (χ0n) is 13.5. The van der Waals surface area contributed by atoms with Gasteiger partial charge in [0.15, 0.2) is 5.16 Å². The smallest absolute Gasteiger partial charge is 0.230 e. The molecule has 2 rings (SSSR count). The summed E-state index contributed by atoms with van der Waals surface area (Å²) in [5.74, 6) is 0.223. The molecular formula is C15H21N7OS. The van der Waals surface area contributed by atoms with Gasteiger partial charge in [-0.3, -0.25) is 4.79 Å². The first kappa shape index (κ1) is 17.8. The lowest BCUT2D eigenvalue weighted by atomic mass is 10.3. The molecule has 1 amide bonds. The second-order valence-corrected chi connectivity index (χ2v) is 6.03. The number of para-hydroxylation sites is 1. The van der Waals surface area contributed by atoms with Crippen molar-refractivity contribution in [2.24, 2.45) is 0 Å². The molecule has 0 atom stereocenters. The van der Waals surface area contributed by atoms with Crippen molar-refractivity contribution >= 4 is 35.3 Å². The van der Waals surface area contributed by atoms with E-state index >= 15 is 0 Å². The lowest BCUT2D eigenvalue weighted by molar-refractivity contribution is -0.118. The Morgan fingerprint density at radius 1 is 1.17 bits per heavy atom. The van der Waals surface area contributed by atoms with Gasteiger partial charge in [0.05, 0.1) is 5.75 Å². The Kier molecular flexibility index (Phi) is 6.62. The Morgan fingerprint density at radius 3 is 2.50 bits per heavy atom. The molecule has 0 unspecified atom stereocenters. The largest absolute Gasteiger partial charge is 0.375 e. The minimum Gasteiger partial charge on any atom is -0.375 e. The van der Waals surface area contributed by atoms with Crippen LogP contribution in [0.3, 0.4) is 0 Å². The normalized spacial score (nSPS) is 10.4. The number of nitrogens with zero attached hydrogens (tertiary/aromatic N) is 4. The van der Waals surface area contributed by atoms with Crippen LogP contribution in [0.1, 0.15) is 6.42 Å². The molecular weight excluding hydrogens is 326 g/mol. The molecule has 0 spiro atoms. The maximum Gasteiger partial charge on any atom is 0.230 e. The van der Waals surface area contributed by atoms with Crippen LogP contribution >= 0.6 is 11.8 Å². The third-order valence-electron chi connectivity index (χ3n) is 3.17. The summed E-state index contributed by atoms with van der Waals surface area (Å²) in [7, 11) is 2.03. The Balaban J connectivity index is 1.64. The first-order valence-electron chi connectivity index (χ1n) is 7.47. The van der Waals surface area contributed by atoms with E-state index in [1.807, 2.05) is 25.2 Å². The summed E-state index contributed by atoms with van der Waals surface area (Å²) in [5.41, 5.74) is 12.1. The van der Waals surface area contributed by atoms with Gasteiger partial charge in [-0.05, 0) is 18.6 Å². The van der Waals surface area contributed by atoms with Gasteiger partial charge >= 0.3 is 0 Å². The highest BCUT2D eigenvalue weighted by molar-refractivity contribution is 7.99. The molecule has 0 saturated heterocycles. The third kappa shape index (κ3) is 5.92. The molecule has 5 N–H and O–H groups in total.